The molecular formula is C12H17NO3. The number of aromatic hydroxyl groups is 2. The molecule has 3 N–H and O–H groups in total. The molecule has 0 aliphatic rings. The summed E-state index contributed by atoms with van der Waals surface area (Å²) in [4.78, 5) is 11.6. The third-order valence-corrected chi connectivity index (χ3v) is 2.17. The van der Waals surface area contributed by atoms with Gasteiger partial charge in [-0.15, -0.1) is 0 Å². The quantitative estimate of drug-likeness (QED) is 0.669. The molecule has 0 bridgehead atoms. The van der Waals surface area contributed by atoms with E-state index in [0.717, 1.165) is 5.56 Å². The van der Waals surface area contributed by atoms with Crippen LogP contribution in [0.2, 0.25) is 0 Å². The Morgan fingerprint density at radius 2 is 1.88 bits per heavy atom. The van der Waals surface area contributed by atoms with Gasteiger partial charge in [0.1, 0.15) is 0 Å². The third-order valence-electron chi connectivity index (χ3n) is 2.17. The molecule has 0 heterocycles. The molecule has 0 spiro atoms. The topological polar surface area (TPSA) is 69.6 Å². The molecule has 1 rings (SSSR count). The molecule has 0 unspecified atom stereocenters. The van der Waals surface area contributed by atoms with Crippen molar-refractivity contribution < 1.29 is 15.0 Å². The van der Waals surface area contributed by atoms with Gasteiger partial charge in [0.15, 0.2) is 11.5 Å². The smallest absolute Gasteiger partial charge is 0.225 e. The first-order valence-electron chi connectivity index (χ1n) is 5.10. The number of amides is 1. The molecule has 0 saturated heterocycles. The van der Waals surface area contributed by atoms with E-state index >= 15 is 0 Å². The summed E-state index contributed by atoms with van der Waals surface area (Å²) in [7, 11) is 0. The van der Waals surface area contributed by atoms with Crippen LogP contribution in [0.1, 0.15) is 26.3 Å². The zero-order valence-electron chi connectivity index (χ0n) is 9.74. The van der Waals surface area contributed by atoms with Gasteiger partial charge in [-0.05, 0) is 17.7 Å². The van der Waals surface area contributed by atoms with Crippen molar-refractivity contribution in [3.8, 4) is 11.5 Å². The van der Waals surface area contributed by atoms with E-state index in [1.54, 1.807) is 6.07 Å². The van der Waals surface area contributed by atoms with Gasteiger partial charge in [0, 0.05) is 12.0 Å². The van der Waals surface area contributed by atoms with Crippen LogP contribution in [0.3, 0.4) is 0 Å². The number of hydrogen-bond acceptors (Lipinski definition) is 3. The number of nitrogens with one attached hydrogen (secondary N) is 1. The lowest BCUT2D eigenvalue weighted by Gasteiger charge is -2.17. The maximum absolute atomic E-state index is 11.6. The summed E-state index contributed by atoms with van der Waals surface area (Å²) < 4.78 is 0. The highest BCUT2D eigenvalue weighted by Gasteiger charge is 2.20. The number of phenolic OH excluding ortho intramolecular Hbond substituents is 2. The van der Waals surface area contributed by atoms with Crippen molar-refractivity contribution in [2.75, 3.05) is 0 Å². The van der Waals surface area contributed by atoms with Crippen LogP contribution in [0.25, 0.3) is 0 Å². The first kappa shape index (κ1) is 12.4. The van der Waals surface area contributed by atoms with Gasteiger partial charge in [0.05, 0.1) is 0 Å². The molecule has 0 aliphatic carbocycles. The fraction of sp³-hybridized carbons (Fsp3) is 0.417. The van der Waals surface area contributed by atoms with Crippen molar-refractivity contribution in [3.63, 3.8) is 0 Å². The van der Waals surface area contributed by atoms with Crippen LogP contribution < -0.4 is 5.32 Å². The Bertz CT molecular complexity index is 394. The summed E-state index contributed by atoms with van der Waals surface area (Å²) in [6, 6.07) is 4.48. The van der Waals surface area contributed by atoms with Crippen LogP contribution in [0, 0.1) is 5.41 Å². The Morgan fingerprint density at radius 3 is 2.38 bits per heavy atom. The largest absolute Gasteiger partial charge is 0.504 e. The summed E-state index contributed by atoms with van der Waals surface area (Å²) in [5.74, 6) is -0.395. The monoisotopic (exact) mass is 223 g/mol. The lowest BCUT2D eigenvalue weighted by molar-refractivity contribution is -0.128. The van der Waals surface area contributed by atoms with Crippen molar-refractivity contribution >= 4 is 5.91 Å². The van der Waals surface area contributed by atoms with Gasteiger partial charge in [-0.25, -0.2) is 0 Å². The number of hydrogen-bond donors (Lipinski definition) is 3. The molecule has 0 aromatic heterocycles. The Morgan fingerprint density at radius 1 is 1.25 bits per heavy atom. The summed E-state index contributed by atoms with van der Waals surface area (Å²) in [5.41, 5.74) is 0.312. The fourth-order valence-electron chi connectivity index (χ4n) is 1.13. The standard InChI is InChI=1S/C12H17NO3/c1-12(2,3)11(16)13-7-8-4-5-9(14)10(15)6-8/h4-6,14-15H,7H2,1-3H3,(H,13,16). The highest BCUT2D eigenvalue weighted by atomic mass is 16.3. The summed E-state index contributed by atoms with van der Waals surface area (Å²) >= 11 is 0. The first-order valence-corrected chi connectivity index (χ1v) is 5.10. The normalized spacial score (nSPS) is 11.2. The third kappa shape index (κ3) is 3.15. The molecule has 4 heteroatoms. The van der Waals surface area contributed by atoms with E-state index in [1.165, 1.54) is 12.1 Å². The number of carbonyl (C=O) groups excluding carboxylic acids is 1. The summed E-state index contributed by atoms with van der Waals surface area (Å²) in [5, 5.41) is 21.1. The van der Waals surface area contributed by atoms with Gasteiger partial charge in [0.2, 0.25) is 5.91 Å². The van der Waals surface area contributed by atoms with E-state index in [0.29, 0.717) is 6.54 Å². The lowest BCUT2D eigenvalue weighted by Crippen LogP contribution is -2.34. The highest BCUT2D eigenvalue weighted by Crippen LogP contribution is 2.24. The van der Waals surface area contributed by atoms with Crippen LogP contribution in [0.4, 0.5) is 0 Å². The van der Waals surface area contributed by atoms with E-state index in [9.17, 15) is 9.90 Å². The van der Waals surface area contributed by atoms with E-state index < -0.39 is 5.41 Å². The molecule has 16 heavy (non-hydrogen) atoms. The molecule has 1 aromatic carbocycles. The second kappa shape index (κ2) is 4.43. The van der Waals surface area contributed by atoms with Crippen molar-refractivity contribution in [2.45, 2.75) is 27.3 Å². The van der Waals surface area contributed by atoms with Crippen molar-refractivity contribution in [1.82, 2.24) is 5.32 Å². The molecule has 0 fully saturated rings. The Labute approximate surface area is 94.9 Å². The minimum absolute atomic E-state index is 0.0555. The lowest BCUT2D eigenvalue weighted by atomic mass is 9.95. The zero-order chi connectivity index (χ0) is 12.3. The number of carbonyl (C=O) groups is 1. The van der Waals surface area contributed by atoms with Crippen molar-refractivity contribution in [1.29, 1.82) is 0 Å². The number of rotatable bonds is 2. The molecule has 1 amide bonds. The average Bonchev–Trinajstić information content (AvgIpc) is 2.18. The van der Waals surface area contributed by atoms with Gasteiger partial charge in [-0.2, -0.15) is 0 Å². The Hall–Kier alpha value is -1.71. The van der Waals surface area contributed by atoms with Crippen LogP contribution in [0.5, 0.6) is 11.5 Å². The fourth-order valence-corrected chi connectivity index (χ4v) is 1.13. The molecule has 0 radical (unpaired) electrons. The maximum atomic E-state index is 11.6. The predicted molar refractivity (Wildman–Crippen MR) is 61.1 cm³/mol. The van der Waals surface area contributed by atoms with Gasteiger partial charge in [-0.3, -0.25) is 4.79 Å². The minimum Gasteiger partial charge on any atom is -0.504 e. The van der Waals surface area contributed by atoms with Gasteiger partial charge < -0.3 is 15.5 Å². The molecule has 4 nitrogen and oxygen atoms in total. The van der Waals surface area contributed by atoms with Gasteiger partial charge >= 0.3 is 0 Å². The maximum Gasteiger partial charge on any atom is 0.225 e. The summed E-state index contributed by atoms with van der Waals surface area (Å²) in [6.45, 7) is 5.83. The SMILES string of the molecule is CC(C)(C)C(=O)NCc1ccc(O)c(O)c1. The van der Waals surface area contributed by atoms with Crippen LogP contribution in [-0.4, -0.2) is 16.1 Å². The van der Waals surface area contributed by atoms with E-state index in [4.69, 9.17) is 5.11 Å². The molecule has 0 saturated carbocycles. The van der Waals surface area contributed by atoms with E-state index in [2.05, 4.69) is 5.32 Å². The molecular weight excluding hydrogens is 206 g/mol. The Balaban J connectivity index is 2.62. The molecule has 0 atom stereocenters. The second-order valence-electron chi connectivity index (χ2n) is 4.76. The summed E-state index contributed by atoms with van der Waals surface area (Å²) in [6.07, 6.45) is 0. The predicted octanol–water partition coefficient (Wildman–Crippen LogP) is 1.76. The van der Waals surface area contributed by atoms with E-state index in [-0.39, 0.29) is 17.4 Å². The average molecular weight is 223 g/mol. The number of benzene rings is 1. The first-order chi connectivity index (χ1) is 7.30. The van der Waals surface area contributed by atoms with Crippen LogP contribution >= 0.6 is 0 Å². The Kier molecular flexibility index (Phi) is 3.42. The van der Waals surface area contributed by atoms with Gasteiger partial charge in [-0.1, -0.05) is 26.8 Å². The molecule has 1 aromatic rings. The molecule has 88 valence electrons. The van der Waals surface area contributed by atoms with Crippen molar-refractivity contribution in [3.05, 3.63) is 23.8 Å². The van der Waals surface area contributed by atoms with Gasteiger partial charge in [0.25, 0.3) is 0 Å². The van der Waals surface area contributed by atoms with Crippen LogP contribution in [-0.2, 0) is 11.3 Å². The number of phenols is 2. The molecule has 0 aliphatic heterocycles. The van der Waals surface area contributed by atoms with E-state index in [1.807, 2.05) is 20.8 Å². The zero-order valence-corrected chi connectivity index (χ0v) is 9.74. The highest BCUT2D eigenvalue weighted by molar-refractivity contribution is 5.81. The minimum atomic E-state index is -0.432. The second-order valence-corrected chi connectivity index (χ2v) is 4.76. The van der Waals surface area contributed by atoms with Crippen LogP contribution in [0.15, 0.2) is 18.2 Å². The van der Waals surface area contributed by atoms with Crippen molar-refractivity contribution in [2.24, 2.45) is 5.41 Å².